The number of nitrogens with one attached hydrogen (secondary N) is 1. The Morgan fingerprint density at radius 1 is 1.44 bits per heavy atom. The van der Waals surface area contributed by atoms with Crippen molar-refractivity contribution in [3.8, 4) is 0 Å². The standard InChI is InChI=1S/C14H15F3N2O6/c1-7-3-8(2)11(25-14(15,16)17)5-9(10(4-7)19(23)24)13(22)18-6-12(20)21/h4-5,8H,3,6H2,1-2H3,(H,18,22)(H,20,21). The van der Waals surface area contributed by atoms with Gasteiger partial charge in [-0.15, -0.1) is 13.2 Å². The second kappa shape index (κ2) is 7.81. The van der Waals surface area contributed by atoms with E-state index in [1.165, 1.54) is 13.8 Å². The van der Waals surface area contributed by atoms with E-state index in [1.807, 2.05) is 5.32 Å². The first kappa shape index (κ1) is 20.2. The quantitative estimate of drug-likeness (QED) is 0.570. The van der Waals surface area contributed by atoms with Gasteiger partial charge in [-0.3, -0.25) is 19.7 Å². The number of allylic oxidation sites excluding steroid dienone is 3. The maximum atomic E-state index is 12.6. The molecular formula is C14H15F3N2O6. The molecule has 2 N–H and O–H groups in total. The van der Waals surface area contributed by atoms with Gasteiger partial charge < -0.3 is 15.2 Å². The number of hydrogen-bond acceptors (Lipinski definition) is 5. The van der Waals surface area contributed by atoms with E-state index in [4.69, 9.17) is 5.11 Å². The SMILES string of the molecule is CC1=CC([N+](=O)[O-])=C(C(=O)NCC(=O)O)C=C(OC(F)(F)F)C(C)C1. The zero-order valence-electron chi connectivity index (χ0n) is 13.2. The smallest absolute Gasteiger partial charge is 0.480 e. The van der Waals surface area contributed by atoms with E-state index in [9.17, 15) is 32.9 Å². The van der Waals surface area contributed by atoms with Crippen LogP contribution >= 0.6 is 0 Å². The van der Waals surface area contributed by atoms with Crippen molar-refractivity contribution in [1.82, 2.24) is 5.32 Å². The van der Waals surface area contributed by atoms with Crippen molar-refractivity contribution in [1.29, 1.82) is 0 Å². The maximum absolute atomic E-state index is 12.6. The molecule has 138 valence electrons. The lowest BCUT2D eigenvalue weighted by molar-refractivity contribution is -0.419. The van der Waals surface area contributed by atoms with Gasteiger partial charge in [-0.05, 0) is 19.4 Å². The molecule has 0 aromatic carbocycles. The van der Waals surface area contributed by atoms with Crippen LogP contribution in [0.25, 0.3) is 0 Å². The summed E-state index contributed by atoms with van der Waals surface area (Å²) in [6.07, 6.45) is -3.32. The second-order valence-corrected chi connectivity index (χ2v) is 5.32. The predicted octanol–water partition coefficient (Wildman–Crippen LogP) is 2.12. The minimum absolute atomic E-state index is 0.0449. The van der Waals surface area contributed by atoms with Crippen molar-refractivity contribution in [2.45, 2.75) is 26.6 Å². The third kappa shape index (κ3) is 6.28. The van der Waals surface area contributed by atoms with Crippen LogP contribution in [0.4, 0.5) is 13.2 Å². The average molecular weight is 364 g/mol. The predicted molar refractivity (Wildman–Crippen MR) is 77.4 cm³/mol. The molecule has 1 aliphatic rings. The minimum Gasteiger partial charge on any atom is -0.480 e. The molecule has 0 saturated heterocycles. The number of carboxylic acids is 1. The lowest BCUT2D eigenvalue weighted by Gasteiger charge is -2.21. The second-order valence-electron chi connectivity index (χ2n) is 5.32. The Bertz CT molecular complexity index is 679. The van der Waals surface area contributed by atoms with Crippen LogP contribution in [0.1, 0.15) is 20.3 Å². The highest BCUT2D eigenvalue weighted by molar-refractivity contribution is 5.98. The Morgan fingerprint density at radius 2 is 2.04 bits per heavy atom. The van der Waals surface area contributed by atoms with Crippen LogP contribution in [-0.4, -0.2) is 34.8 Å². The van der Waals surface area contributed by atoms with Gasteiger partial charge in [0, 0.05) is 12.0 Å². The van der Waals surface area contributed by atoms with Crippen LogP contribution in [-0.2, 0) is 14.3 Å². The molecular weight excluding hydrogens is 349 g/mol. The summed E-state index contributed by atoms with van der Waals surface area (Å²) >= 11 is 0. The number of alkyl halides is 3. The van der Waals surface area contributed by atoms with E-state index in [0.29, 0.717) is 11.6 Å². The first-order valence-electron chi connectivity index (χ1n) is 6.94. The lowest BCUT2D eigenvalue weighted by atomic mass is 9.94. The fourth-order valence-electron chi connectivity index (χ4n) is 2.16. The Hall–Kier alpha value is -2.85. The molecule has 0 fully saturated rings. The van der Waals surface area contributed by atoms with Crippen LogP contribution in [0.5, 0.6) is 0 Å². The van der Waals surface area contributed by atoms with E-state index in [-0.39, 0.29) is 6.42 Å². The van der Waals surface area contributed by atoms with Crippen molar-refractivity contribution in [2.24, 2.45) is 5.92 Å². The number of aliphatic carboxylic acids is 1. The van der Waals surface area contributed by atoms with Crippen molar-refractivity contribution >= 4 is 11.9 Å². The van der Waals surface area contributed by atoms with Crippen molar-refractivity contribution in [3.63, 3.8) is 0 Å². The zero-order valence-corrected chi connectivity index (χ0v) is 13.2. The molecule has 0 aromatic heterocycles. The number of ether oxygens (including phenoxy) is 1. The van der Waals surface area contributed by atoms with E-state index in [0.717, 1.165) is 6.08 Å². The number of amides is 1. The van der Waals surface area contributed by atoms with Crippen LogP contribution in [0, 0.1) is 16.0 Å². The van der Waals surface area contributed by atoms with E-state index < -0.39 is 52.7 Å². The molecule has 1 aliphatic carbocycles. The number of carbonyl (C=O) groups is 2. The highest BCUT2D eigenvalue weighted by atomic mass is 19.4. The van der Waals surface area contributed by atoms with E-state index >= 15 is 0 Å². The fraction of sp³-hybridized carbons (Fsp3) is 0.429. The Labute approximate surface area is 139 Å². The Balaban J connectivity index is 3.47. The molecule has 8 nitrogen and oxygen atoms in total. The number of nitrogens with zero attached hydrogens (tertiary/aromatic N) is 1. The lowest BCUT2D eigenvalue weighted by Crippen LogP contribution is -2.31. The monoisotopic (exact) mass is 364 g/mol. The van der Waals surface area contributed by atoms with Crippen LogP contribution in [0.15, 0.2) is 34.8 Å². The summed E-state index contributed by atoms with van der Waals surface area (Å²) in [5.41, 5.74) is -1.12. The third-order valence-electron chi connectivity index (χ3n) is 3.13. The molecule has 0 bridgehead atoms. The molecule has 0 aliphatic heterocycles. The molecule has 0 spiro atoms. The maximum Gasteiger partial charge on any atom is 0.572 e. The zero-order chi connectivity index (χ0) is 19.4. The number of carbonyl (C=O) groups excluding carboxylic acids is 1. The van der Waals surface area contributed by atoms with Gasteiger partial charge >= 0.3 is 12.3 Å². The molecule has 1 unspecified atom stereocenters. The summed E-state index contributed by atoms with van der Waals surface area (Å²) < 4.78 is 41.6. The Kier molecular flexibility index (Phi) is 6.31. The molecule has 1 rings (SSSR count). The summed E-state index contributed by atoms with van der Waals surface area (Å²) in [6, 6.07) is 0. The van der Waals surface area contributed by atoms with Gasteiger partial charge in [0.25, 0.3) is 11.6 Å². The molecule has 0 aromatic rings. The molecule has 11 heteroatoms. The van der Waals surface area contributed by atoms with Crippen molar-refractivity contribution in [3.05, 3.63) is 44.9 Å². The van der Waals surface area contributed by atoms with Crippen LogP contribution < -0.4 is 5.32 Å². The van der Waals surface area contributed by atoms with Gasteiger partial charge in [0.15, 0.2) is 0 Å². The molecule has 0 radical (unpaired) electrons. The highest BCUT2D eigenvalue weighted by Crippen LogP contribution is 2.32. The summed E-state index contributed by atoms with van der Waals surface area (Å²) in [7, 11) is 0. The summed E-state index contributed by atoms with van der Waals surface area (Å²) in [4.78, 5) is 32.8. The summed E-state index contributed by atoms with van der Waals surface area (Å²) in [5.74, 6) is -4.11. The number of halogens is 3. The number of hydrogen-bond donors (Lipinski definition) is 2. The molecule has 25 heavy (non-hydrogen) atoms. The van der Waals surface area contributed by atoms with Gasteiger partial charge in [-0.2, -0.15) is 0 Å². The molecule has 0 heterocycles. The van der Waals surface area contributed by atoms with E-state index in [1.54, 1.807) is 0 Å². The van der Waals surface area contributed by atoms with Crippen molar-refractivity contribution < 1.29 is 37.5 Å². The van der Waals surface area contributed by atoms with Gasteiger partial charge in [0.2, 0.25) is 0 Å². The number of rotatable bonds is 5. The molecule has 1 atom stereocenters. The first-order valence-corrected chi connectivity index (χ1v) is 6.94. The van der Waals surface area contributed by atoms with Crippen molar-refractivity contribution in [2.75, 3.05) is 6.54 Å². The van der Waals surface area contributed by atoms with Crippen LogP contribution in [0.3, 0.4) is 0 Å². The summed E-state index contributed by atoms with van der Waals surface area (Å²) in [5, 5.41) is 21.7. The van der Waals surface area contributed by atoms with Gasteiger partial charge in [-0.1, -0.05) is 12.5 Å². The molecule has 0 saturated carbocycles. The Morgan fingerprint density at radius 3 is 2.52 bits per heavy atom. The number of carboxylic acid groups (broad SMARTS) is 1. The topological polar surface area (TPSA) is 119 Å². The van der Waals surface area contributed by atoms with E-state index in [2.05, 4.69) is 4.74 Å². The first-order chi connectivity index (χ1) is 11.4. The third-order valence-corrected chi connectivity index (χ3v) is 3.13. The fourth-order valence-corrected chi connectivity index (χ4v) is 2.16. The summed E-state index contributed by atoms with van der Waals surface area (Å²) in [6.45, 7) is 2.01. The van der Waals surface area contributed by atoms with Crippen LogP contribution in [0.2, 0.25) is 0 Å². The normalized spacial score (nSPS) is 18.5. The minimum atomic E-state index is -5.05. The van der Waals surface area contributed by atoms with Gasteiger partial charge in [-0.25, -0.2) is 0 Å². The number of nitro groups is 1. The average Bonchev–Trinajstić information content (AvgIpc) is 2.44. The largest absolute Gasteiger partial charge is 0.572 e. The highest BCUT2D eigenvalue weighted by Gasteiger charge is 2.35. The molecule has 1 amide bonds. The van der Waals surface area contributed by atoms with Gasteiger partial charge in [0.1, 0.15) is 17.9 Å². The van der Waals surface area contributed by atoms with Gasteiger partial charge in [0.05, 0.1) is 4.92 Å².